The number of benzene rings is 2. The molecule has 1 spiro atoms. The van der Waals surface area contributed by atoms with Gasteiger partial charge in [-0.2, -0.15) is 0 Å². The summed E-state index contributed by atoms with van der Waals surface area (Å²) in [6.07, 6.45) is 4.07. The molecule has 0 bridgehead atoms. The van der Waals surface area contributed by atoms with Crippen LogP contribution < -0.4 is 4.74 Å². The van der Waals surface area contributed by atoms with Crippen molar-refractivity contribution in [3.8, 4) is 5.75 Å². The van der Waals surface area contributed by atoms with Gasteiger partial charge in [0.15, 0.2) is 0 Å². The third-order valence-electron chi connectivity index (χ3n) is 6.35. The molecule has 0 atom stereocenters. The highest BCUT2D eigenvalue weighted by atomic mass is 16.5. The summed E-state index contributed by atoms with van der Waals surface area (Å²) in [4.78, 5) is 15.0. The third-order valence-corrected chi connectivity index (χ3v) is 6.35. The number of methoxy groups -OCH3 is 1. The fourth-order valence-corrected chi connectivity index (χ4v) is 4.64. The number of piperidine rings is 1. The van der Waals surface area contributed by atoms with Crippen molar-refractivity contribution in [1.82, 2.24) is 25.1 Å². The number of nitrogens with zero attached hydrogens (tertiary/aromatic N) is 5. The van der Waals surface area contributed by atoms with Gasteiger partial charge in [0, 0.05) is 18.7 Å². The van der Waals surface area contributed by atoms with Gasteiger partial charge in [0.25, 0.3) is 5.91 Å². The summed E-state index contributed by atoms with van der Waals surface area (Å²) < 4.78 is 13.3. The number of fused-ring (bicyclic) bond motifs is 2. The predicted octanol–water partition coefficient (Wildman–Crippen LogP) is 2.43. The van der Waals surface area contributed by atoms with Gasteiger partial charge in [-0.1, -0.05) is 18.2 Å². The molecule has 2 aromatic carbocycles. The Bertz CT molecular complexity index is 1060. The van der Waals surface area contributed by atoms with Crippen LogP contribution in [0.15, 0.2) is 48.8 Å². The Balaban J connectivity index is 1.26. The summed E-state index contributed by atoms with van der Waals surface area (Å²) in [5, 5.41) is 11.1. The van der Waals surface area contributed by atoms with E-state index in [0.29, 0.717) is 31.8 Å². The molecular formula is C23H25N5O3. The number of likely N-dealkylation sites (tertiary alicyclic amines) is 1. The molecule has 8 nitrogen and oxygen atoms in total. The highest BCUT2D eigenvalue weighted by Gasteiger charge is 2.41. The molecule has 3 heterocycles. The lowest BCUT2D eigenvalue weighted by Gasteiger charge is -2.45. The maximum atomic E-state index is 13.1. The Morgan fingerprint density at radius 1 is 1.16 bits per heavy atom. The van der Waals surface area contributed by atoms with E-state index in [2.05, 4.69) is 27.7 Å². The second-order valence-electron chi connectivity index (χ2n) is 8.11. The van der Waals surface area contributed by atoms with Crippen molar-refractivity contribution in [1.29, 1.82) is 0 Å². The number of carbonyl (C=O) groups excluding carboxylic acids is 1. The molecule has 1 fully saturated rings. The molecule has 1 saturated heterocycles. The van der Waals surface area contributed by atoms with Crippen LogP contribution in [0, 0.1) is 0 Å². The van der Waals surface area contributed by atoms with Gasteiger partial charge in [-0.3, -0.25) is 4.79 Å². The number of carbonyl (C=O) groups is 1. The first-order valence-corrected chi connectivity index (χ1v) is 10.6. The average molecular weight is 419 g/mol. The molecule has 2 aliphatic rings. The zero-order valence-corrected chi connectivity index (χ0v) is 17.5. The minimum Gasteiger partial charge on any atom is -0.497 e. The van der Waals surface area contributed by atoms with E-state index >= 15 is 0 Å². The van der Waals surface area contributed by atoms with Crippen molar-refractivity contribution < 1.29 is 14.3 Å². The molecule has 5 rings (SSSR count). The lowest BCUT2D eigenvalue weighted by atomic mass is 9.79. The topological polar surface area (TPSA) is 82.4 Å². The molecule has 0 aliphatic carbocycles. The molecule has 0 unspecified atom stereocenters. The number of hydrogen-bond acceptors (Lipinski definition) is 6. The molecular weight excluding hydrogens is 394 g/mol. The van der Waals surface area contributed by atoms with E-state index in [1.54, 1.807) is 18.1 Å². The van der Waals surface area contributed by atoms with Crippen LogP contribution in [-0.2, 0) is 23.3 Å². The largest absolute Gasteiger partial charge is 0.497 e. The van der Waals surface area contributed by atoms with E-state index in [9.17, 15) is 4.79 Å². The first kappa shape index (κ1) is 19.7. The number of rotatable bonds is 4. The summed E-state index contributed by atoms with van der Waals surface area (Å²) in [5.41, 5.74) is 3.99. The van der Waals surface area contributed by atoms with Crippen LogP contribution in [0.1, 0.15) is 39.9 Å². The summed E-state index contributed by atoms with van der Waals surface area (Å²) in [6, 6.07) is 13.9. The maximum Gasteiger partial charge on any atom is 0.253 e. The number of tetrazole rings is 1. The zero-order valence-electron chi connectivity index (χ0n) is 17.5. The Hall–Kier alpha value is -3.26. The van der Waals surface area contributed by atoms with E-state index in [4.69, 9.17) is 9.47 Å². The molecule has 1 aromatic heterocycles. The van der Waals surface area contributed by atoms with Crippen molar-refractivity contribution in [2.75, 3.05) is 26.8 Å². The van der Waals surface area contributed by atoms with Gasteiger partial charge in [-0.15, -0.1) is 5.10 Å². The van der Waals surface area contributed by atoms with E-state index in [0.717, 1.165) is 30.6 Å². The van der Waals surface area contributed by atoms with Crippen molar-refractivity contribution >= 4 is 5.91 Å². The molecule has 160 valence electrons. The van der Waals surface area contributed by atoms with E-state index < -0.39 is 0 Å². The van der Waals surface area contributed by atoms with Crippen LogP contribution in [0.3, 0.4) is 0 Å². The van der Waals surface area contributed by atoms with Crippen LogP contribution in [0.5, 0.6) is 5.75 Å². The Labute approximate surface area is 180 Å². The second-order valence-corrected chi connectivity index (χ2v) is 8.11. The second kappa shape index (κ2) is 8.11. The van der Waals surface area contributed by atoms with Crippen LogP contribution in [0.4, 0.5) is 0 Å². The molecule has 2 aliphatic heterocycles. The van der Waals surface area contributed by atoms with Crippen LogP contribution >= 0.6 is 0 Å². The lowest BCUT2D eigenvalue weighted by molar-refractivity contribution is -0.0935. The van der Waals surface area contributed by atoms with Crippen LogP contribution in [-0.4, -0.2) is 57.8 Å². The maximum absolute atomic E-state index is 13.1. The highest BCUT2D eigenvalue weighted by molar-refractivity contribution is 5.94. The molecule has 31 heavy (non-hydrogen) atoms. The van der Waals surface area contributed by atoms with Gasteiger partial charge in [-0.25, -0.2) is 4.68 Å². The molecule has 3 aromatic rings. The Kier molecular flexibility index (Phi) is 5.15. The van der Waals surface area contributed by atoms with Gasteiger partial charge in [-0.05, 0) is 70.6 Å². The van der Waals surface area contributed by atoms with Crippen molar-refractivity contribution in [2.24, 2.45) is 0 Å². The average Bonchev–Trinajstić information content (AvgIpc) is 3.33. The lowest BCUT2D eigenvalue weighted by Crippen LogP contribution is -2.48. The highest BCUT2D eigenvalue weighted by Crippen LogP contribution is 2.42. The number of aromatic nitrogens is 4. The molecule has 0 N–H and O–H groups in total. The number of amides is 1. The zero-order chi connectivity index (χ0) is 21.3. The standard InChI is InChI=1S/C23H25N5O3/c1-30-20-6-7-21-19(14-20)8-13-31-23(21)9-11-27(12-10-23)22(29)18-4-2-17(3-5-18)15-28-16-24-25-26-28/h2-7,14,16H,8-13,15H2,1H3. The summed E-state index contributed by atoms with van der Waals surface area (Å²) in [6.45, 7) is 2.64. The quantitative estimate of drug-likeness (QED) is 0.646. The van der Waals surface area contributed by atoms with Gasteiger partial charge in [0.1, 0.15) is 12.1 Å². The molecule has 0 saturated carbocycles. The normalized spacial score (nSPS) is 17.4. The van der Waals surface area contributed by atoms with Crippen LogP contribution in [0.25, 0.3) is 0 Å². The predicted molar refractivity (Wildman–Crippen MR) is 113 cm³/mol. The van der Waals surface area contributed by atoms with Crippen molar-refractivity contribution in [3.63, 3.8) is 0 Å². The van der Waals surface area contributed by atoms with Crippen molar-refractivity contribution in [2.45, 2.75) is 31.4 Å². The third kappa shape index (κ3) is 3.79. The smallest absolute Gasteiger partial charge is 0.253 e. The summed E-state index contributed by atoms with van der Waals surface area (Å²) in [7, 11) is 1.69. The van der Waals surface area contributed by atoms with Gasteiger partial charge in [0.05, 0.1) is 25.9 Å². The summed E-state index contributed by atoms with van der Waals surface area (Å²) in [5.74, 6) is 0.946. The van der Waals surface area contributed by atoms with E-state index in [1.807, 2.05) is 35.2 Å². The minimum atomic E-state index is -0.299. The first-order valence-electron chi connectivity index (χ1n) is 10.6. The fourth-order valence-electron chi connectivity index (χ4n) is 4.64. The first-order chi connectivity index (χ1) is 15.2. The number of ether oxygens (including phenoxy) is 2. The van der Waals surface area contributed by atoms with E-state index in [-0.39, 0.29) is 11.5 Å². The van der Waals surface area contributed by atoms with Gasteiger partial charge >= 0.3 is 0 Å². The molecule has 0 radical (unpaired) electrons. The van der Waals surface area contributed by atoms with Gasteiger partial charge < -0.3 is 14.4 Å². The number of hydrogen-bond donors (Lipinski definition) is 0. The Morgan fingerprint density at radius 2 is 1.97 bits per heavy atom. The minimum absolute atomic E-state index is 0.0644. The van der Waals surface area contributed by atoms with E-state index in [1.165, 1.54) is 11.1 Å². The van der Waals surface area contributed by atoms with Gasteiger partial charge in [0.2, 0.25) is 0 Å². The Morgan fingerprint density at radius 3 is 2.68 bits per heavy atom. The molecule has 1 amide bonds. The van der Waals surface area contributed by atoms with Crippen molar-refractivity contribution in [3.05, 3.63) is 71.0 Å². The fraction of sp³-hybridized carbons (Fsp3) is 0.391. The molecule has 8 heteroatoms. The SMILES string of the molecule is COc1ccc2c(c1)CCOC21CCN(C(=O)c2ccc(Cn3cnnn3)cc2)CC1. The monoisotopic (exact) mass is 419 g/mol. The summed E-state index contributed by atoms with van der Waals surface area (Å²) >= 11 is 0. The van der Waals surface area contributed by atoms with Crippen LogP contribution in [0.2, 0.25) is 0 Å².